The fraction of sp³-hybridized carbons (Fsp3) is 0.636. The fourth-order valence-electron chi connectivity index (χ4n) is 2.67. The molecule has 3 rings (SSSR count). The smallest absolute Gasteiger partial charge is 0.434 e. The molecule has 1 aromatic heterocycles. The first-order chi connectivity index (χ1) is 9.30. The van der Waals surface area contributed by atoms with Gasteiger partial charge in [-0.15, -0.1) is 11.3 Å². The molecule has 2 fully saturated rings. The zero-order chi connectivity index (χ0) is 14.5. The lowest BCUT2D eigenvalue weighted by atomic mass is 10.0. The van der Waals surface area contributed by atoms with Crippen molar-refractivity contribution in [2.24, 2.45) is 5.41 Å². The summed E-state index contributed by atoms with van der Waals surface area (Å²) in [5.74, 6) is 0. The summed E-state index contributed by atoms with van der Waals surface area (Å²) in [5.41, 5.74) is -1.01. The highest BCUT2D eigenvalue weighted by molar-refractivity contribution is 7.13. The van der Waals surface area contributed by atoms with Gasteiger partial charge in [-0.2, -0.15) is 13.2 Å². The minimum absolute atomic E-state index is 0.123. The molecule has 1 spiro atoms. The van der Waals surface area contributed by atoms with Crippen molar-refractivity contribution in [2.75, 3.05) is 18.0 Å². The first-order valence-corrected chi connectivity index (χ1v) is 6.95. The van der Waals surface area contributed by atoms with Gasteiger partial charge in [0.2, 0.25) is 0 Å². The number of carboxylic acid groups (broad SMARTS) is 1. The highest BCUT2D eigenvalue weighted by atomic mass is 32.1. The van der Waals surface area contributed by atoms with Crippen LogP contribution in [0.4, 0.5) is 23.1 Å². The number of carbonyl (C=O) groups is 1. The van der Waals surface area contributed by atoms with Crippen LogP contribution in [0.2, 0.25) is 0 Å². The van der Waals surface area contributed by atoms with Crippen LogP contribution in [0.3, 0.4) is 0 Å². The first-order valence-electron chi connectivity index (χ1n) is 6.07. The van der Waals surface area contributed by atoms with E-state index in [-0.39, 0.29) is 11.5 Å². The molecular formula is C11H12F3N3O2S. The molecular weight excluding hydrogens is 295 g/mol. The molecule has 1 saturated heterocycles. The third kappa shape index (κ3) is 2.30. The van der Waals surface area contributed by atoms with Crippen molar-refractivity contribution in [1.82, 2.24) is 10.3 Å². The summed E-state index contributed by atoms with van der Waals surface area (Å²) in [7, 11) is 0. The average Bonchev–Trinajstić information content (AvgIpc) is 2.80. The summed E-state index contributed by atoms with van der Waals surface area (Å²) in [4.78, 5) is 16.1. The number of amides is 1. The van der Waals surface area contributed by atoms with Crippen molar-refractivity contribution in [3.63, 3.8) is 0 Å². The Kier molecular flexibility index (Phi) is 2.86. The minimum atomic E-state index is -4.44. The lowest BCUT2D eigenvalue weighted by Gasteiger charge is -2.15. The third-order valence-electron chi connectivity index (χ3n) is 3.89. The molecule has 1 unspecified atom stereocenters. The van der Waals surface area contributed by atoms with Crippen LogP contribution in [0.5, 0.6) is 0 Å². The van der Waals surface area contributed by atoms with Gasteiger partial charge in [-0.3, -0.25) is 0 Å². The van der Waals surface area contributed by atoms with Crippen LogP contribution >= 0.6 is 11.3 Å². The normalized spacial score (nSPS) is 24.1. The highest BCUT2D eigenvalue weighted by Gasteiger charge is 2.56. The number of hydrogen-bond acceptors (Lipinski definition) is 4. The number of halogens is 3. The van der Waals surface area contributed by atoms with E-state index in [9.17, 15) is 18.0 Å². The SMILES string of the molecule is O=C(O)NC1CN(c2nc(C(F)(F)F)cs2)CC12CC2. The first kappa shape index (κ1) is 13.5. The van der Waals surface area contributed by atoms with Crippen LogP contribution < -0.4 is 10.2 Å². The molecule has 110 valence electrons. The molecule has 5 nitrogen and oxygen atoms in total. The summed E-state index contributed by atoms with van der Waals surface area (Å²) < 4.78 is 37.6. The standard InChI is InChI=1S/C11H12F3N3O2S/c12-11(13,14)7-4-20-8(15-7)17-3-6(16-9(18)19)10(5-17)1-2-10/h4,6,16H,1-3,5H2,(H,18,19). The minimum Gasteiger partial charge on any atom is -0.465 e. The maximum Gasteiger partial charge on any atom is 0.434 e. The molecule has 0 aromatic carbocycles. The number of anilines is 1. The topological polar surface area (TPSA) is 65.5 Å². The zero-order valence-electron chi connectivity index (χ0n) is 10.3. The molecule has 20 heavy (non-hydrogen) atoms. The molecule has 1 atom stereocenters. The van der Waals surface area contributed by atoms with E-state index in [0.717, 1.165) is 29.6 Å². The Hall–Kier alpha value is -1.51. The molecule has 0 radical (unpaired) electrons. The summed E-state index contributed by atoms with van der Waals surface area (Å²) in [6, 6.07) is -0.238. The van der Waals surface area contributed by atoms with Crippen LogP contribution in [0.15, 0.2) is 5.38 Å². The van der Waals surface area contributed by atoms with Gasteiger partial charge in [0.05, 0.1) is 6.04 Å². The Bertz CT molecular complexity index is 541. The van der Waals surface area contributed by atoms with Crippen molar-refractivity contribution in [1.29, 1.82) is 0 Å². The van der Waals surface area contributed by atoms with Gasteiger partial charge < -0.3 is 15.3 Å². The van der Waals surface area contributed by atoms with Gasteiger partial charge in [0, 0.05) is 23.9 Å². The Labute approximate surface area is 116 Å². The molecule has 9 heteroatoms. The van der Waals surface area contributed by atoms with Gasteiger partial charge >= 0.3 is 12.3 Å². The van der Waals surface area contributed by atoms with Gasteiger partial charge in [0.25, 0.3) is 0 Å². The second-order valence-electron chi connectivity index (χ2n) is 5.26. The van der Waals surface area contributed by atoms with Gasteiger partial charge in [-0.05, 0) is 12.8 Å². The molecule has 2 aliphatic rings. The summed E-state index contributed by atoms with van der Waals surface area (Å²) in [6.45, 7) is 0.930. The lowest BCUT2D eigenvalue weighted by Crippen LogP contribution is -2.40. The number of alkyl halides is 3. The van der Waals surface area contributed by atoms with Gasteiger partial charge in [0.1, 0.15) is 0 Å². The van der Waals surface area contributed by atoms with Crippen LogP contribution in [-0.4, -0.2) is 35.3 Å². The molecule has 1 saturated carbocycles. The Balaban J connectivity index is 1.76. The number of thiazole rings is 1. The fourth-order valence-corrected chi connectivity index (χ4v) is 3.51. The number of nitrogens with one attached hydrogen (secondary N) is 1. The van der Waals surface area contributed by atoms with Crippen LogP contribution in [0, 0.1) is 5.41 Å². The Morgan fingerprint density at radius 1 is 1.55 bits per heavy atom. The maximum atomic E-state index is 12.5. The molecule has 2 N–H and O–H groups in total. The molecule has 1 amide bonds. The van der Waals surface area contributed by atoms with Gasteiger partial charge in [-0.1, -0.05) is 0 Å². The average molecular weight is 307 g/mol. The number of nitrogens with zero attached hydrogens (tertiary/aromatic N) is 2. The van der Waals surface area contributed by atoms with Crippen LogP contribution in [-0.2, 0) is 6.18 Å². The summed E-state index contributed by atoms with van der Waals surface area (Å²) in [6.07, 6.45) is -3.75. The van der Waals surface area contributed by atoms with E-state index in [4.69, 9.17) is 5.11 Å². The van der Waals surface area contributed by atoms with Gasteiger partial charge in [-0.25, -0.2) is 9.78 Å². The van der Waals surface area contributed by atoms with Crippen LogP contribution in [0.25, 0.3) is 0 Å². The van der Waals surface area contributed by atoms with Crippen molar-refractivity contribution in [3.8, 4) is 0 Å². The molecule has 1 aromatic rings. The van der Waals surface area contributed by atoms with E-state index < -0.39 is 18.0 Å². The predicted molar refractivity (Wildman–Crippen MR) is 65.9 cm³/mol. The van der Waals surface area contributed by atoms with Crippen molar-refractivity contribution >= 4 is 22.6 Å². The molecule has 2 heterocycles. The largest absolute Gasteiger partial charge is 0.465 e. The number of hydrogen-bond donors (Lipinski definition) is 2. The highest BCUT2D eigenvalue weighted by Crippen LogP contribution is 2.53. The lowest BCUT2D eigenvalue weighted by molar-refractivity contribution is -0.140. The predicted octanol–water partition coefficient (Wildman–Crippen LogP) is 2.40. The van der Waals surface area contributed by atoms with E-state index in [1.807, 2.05) is 0 Å². The van der Waals surface area contributed by atoms with Crippen molar-refractivity contribution in [2.45, 2.75) is 25.1 Å². The Morgan fingerprint density at radius 3 is 2.75 bits per heavy atom. The second-order valence-corrected chi connectivity index (χ2v) is 6.09. The summed E-state index contributed by atoms with van der Waals surface area (Å²) >= 11 is 0.943. The van der Waals surface area contributed by atoms with E-state index in [0.29, 0.717) is 18.2 Å². The van der Waals surface area contributed by atoms with Gasteiger partial charge in [0.15, 0.2) is 10.8 Å². The van der Waals surface area contributed by atoms with E-state index >= 15 is 0 Å². The molecule has 0 bridgehead atoms. The zero-order valence-corrected chi connectivity index (χ0v) is 11.1. The van der Waals surface area contributed by atoms with Crippen LogP contribution in [0.1, 0.15) is 18.5 Å². The second kappa shape index (κ2) is 4.24. The number of aromatic nitrogens is 1. The van der Waals surface area contributed by atoms with E-state index in [2.05, 4.69) is 10.3 Å². The number of rotatable bonds is 2. The van der Waals surface area contributed by atoms with Crippen molar-refractivity contribution in [3.05, 3.63) is 11.1 Å². The molecule has 1 aliphatic carbocycles. The van der Waals surface area contributed by atoms with E-state index in [1.165, 1.54) is 0 Å². The monoisotopic (exact) mass is 307 g/mol. The van der Waals surface area contributed by atoms with E-state index in [1.54, 1.807) is 4.90 Å². The Morgan fingerprint density at radius 2 is 2.25 bits per heavy atom. The summed E-state index contributed by atoms with van der Waals surface area (Å²) in [5, 5.41) is 12.6. The van der Waals surface area contributed by atoms with Crippen molar-refractivity contribution < 1.29 is 23.1 Å². The quantitative estimate of drug-likeness (QED) is 0.880. The molecule has 1 aliphatic heterocycles. The maximum absolute atomic E-state index is 12.5. The third-order valence-corrected chi connectivity index (χ3v) is 4.79.